The summed E-state index contributed by atoms with van der Waals surface area (Å²) in [4.78, 5) is 10.8. The second kappa shape index (κ2) is 4.86. The molecule has 3 nitrogen and oxygen atoms in total. The van der Waals surface area contributed by atoms with Crippen LogP contribution in [-0.4, -0.2) is 17.6 Å². The quantitative estimate of drug-likeness (QED) is 0.809. The Kier molecular flexibility index (Phi) is 3.77. The molecule has 1 rings (SSSR count). The van der Waals surface area contributed by atoms with Crippen molar-refractivity contribution in [2.75, 3.05) is 11.9 Å². The van der Waals surface area contributed by atoms with Crippen molar-refractivity contribution in [3.63, 3.8) is 0 Å². The summed E-state index contributed by atoms with van der Waals surface area (Å²) < 4.78 is 0. The van der Waals surface area contributed by atoms with E-state index < -0.39 is 5.97 Å². The Hall–Kier alpha value is -1.22. The van der Waals surface area contributed by atoms with E-state index in [9.17, 15) is 4.79 Å². The van der Waals surface area contributed by atoms with Crippen molar-refractivity contribution < 1.29 is 9.90 Å². The average Bonchev–Trinajstić information content (AvgIpc) is 2.14. The maximum atomic E-state index is 10.8. The Balaban J connectivity index is 2.97. The molecule has 0 heterocycles. The van der Waals surface area contributed by atoms with Gasteiger partial charge in [-0.15, -0.1) is 0 Å². The SMILES string of the molecule is CCCNc1cc(Cl)ccc1C(=O)O. The van der Waals surface area contributed by atoms with Crippen molar-refractivity contribution in [1.29, 1.82) is 0 Å². The molecule has 0 aliphatic heterocycles. The number of hydrogen-bond donors (Lipinski definition) is 2. The molecule has 14 heavy (non-hydrogen) atoms. The van der Waals surface area contributed by atoms with E-state index in [2.05, 4.69) is 5.32 Å². The van der Waals surface area contributed by atoms with E-state index in [0.29, 0.717) is 10.7 Å². The van der Waals surface area contributed by atoms with Crippen LogP contribution >= 0.6 is 11.6 Å². The third kappa shape index (κ3) is 2.64. The lowest BCUT2D eigenvalue weighted by atomic mass is 10.2. The lowest BCUT2D eigenvalue weighted by Crippen LogP contribution is -2.06. The van der Waals surface area contributed by atoms with Crippen molar-refractivity contribution in [2.45, 2.75) is 13.3 Å². The molecular weight excluding hydrogens is 202 g/mol. The molecule has 76 valence electrons. The molecule has 0 amide bonds. The zero-order valence-electron chi connectivity index (χ0n) is 7.88. The summed E-state index contributed by atoms with van der Waals surface area (Å²) in [5, 5.41) is 12.4. The van der Waals surface area contributed by atoms with E-state index in [4.69, 9.17) is 16.7 Å². The number of benzene rings is 1. The zero-order valence-corrected chi connectivity index (χ0v) is 8.64. The van der Waals surface area contributed by atoms with E-state index in [1.54, 1.807) is 12.1 Å². The Morgan fingerprint density at radius 3 is 2.86 bits per heavy atom. The fraction of sp³-hybridized carbons (Fsp3) is 0.300. The number of carbonyl (C=O) groups is 1. The molecule has 4 heteroatoms. The Bertz CT molecular complexity index is 339. The van der Waals surface area contributed by atoms with E-state index in [0.717, 1.165) is 13.0 Å². The molecule has 0 spiro atoms. The highest BCUT2D eigenvalue weighted by Crippen LogP contribution is 2.20. The van der Waals surface area contributed by atoms with Gasteiger partial charge in [-0.25, -0.2) is 4.79 Å². The van der Waals surface area contributed by atoms with E-state index in [1.807, 2.05) is 6.92 Å². The number of carboxylic acids is 1. The fourth-order valence-electron chi connectivity index (χ4n) is 1.11. The van der Waals surface area contributed by atoms with Gasteiger partial charge in [0.2, 0.25) is 0 Å². The Morgan fingerprint density at radius 2 is 2.29 bits per heavy atom. The Morgan fingerprint density at radius 1 is 1.57 bits per heavy atom. The third-order valence-electron chi connectivity index (χ3n) is 1.78. The summed E-state index contributed by atoms with van der Waals surface area (Å²) in [5.74, 6) is -0.944. The highest BCUT2D eigenvalue weighted by molar-refractivity contribution is 6.31. The molecule has 0 bridgehead atoms. The van der Waals surface area contributed by atoms with Gasteiger partial charge in [0, 0.05) is 11.6 Å². The topological polar surface area (TPSA) is 49.3 Å². The van der Waals surface area contributed by atoms with Gasteiger partial charge in [0.05, 0.1) is 11.3 Å². The summed E-state index contributed by atoms with van der Waals surface area (Å²) in [7, 11) is 0. The second-order valence-corrected chi connectivity index (χ2v) is 3.36. The molecule has 0 fully saturated rings. The fourth-order valence-corrected chi connectivity index (χ4v) is 1.28. The van der Waals surface area contributed by atoms with Crippen molar-refractivity contribution in [2.24, 2.45) is 0 Å². The highest BCUT2D eigenvalue weighted by atomic mass is 35.5. The molecule has 0 aliphatic carbocycles. The van der Waals surface area contributed by atoms with Crippen LogP contribution in [0.15, 0.2) is 18.2 Å². The maximum Gasteiger partial charge on any atom is 0.337 e. The van der Waals surface area contributed by atoms with Crippen LogP contribution in [0.4, 0.5) is 5.69 Å². The van der Waals surface area contributed by atoms with Crippen molar-refractivity contribution >= 4 is 23.3 Å². The average molecular weight is 214 g/mol. The van der Waals surface area contributed by atoms with Crippen molar-refractivity contribution in [1.82, 2.24) is 0 Å². The highest BCUT2D eigenvalue weighted by Gasteiger charge is 2.09. The first-order valence-electron chi connectivity index (χ1n) is 4.42. The summed E-state index contributed by atoms with van der Waals surface area (Å²) in [6.45, 7) is 2.75. The molecule has 1 aromatic rings. The van der Waals surface area contributed by atoms with Crippen LogP contribution in [0, 0.1) is 0 Å². The predicted octanol–water partition coefficient (Wildman–Crippen LogP) is 2.86. The van der Waals surface area contributed by atoms with Crippen LogP contribution < -0.4 is 5.32 Å². The van der Waals surface area contributed by atoms with Gasteiger partial charge in [-0.05, 0) is 24.6 Å². The van der Waals surface area contributed by atoms with Gasteiger partial charge < -0.3 is 10.4 Å². The number of carboxylic acid groups (broad SMARTS) is 1. The lowest BCUT2D eigenvalue weighted by molar-refractivity contribution is 0.0698. The second-order valence-electron chi connectivity index (χ2n) is 2.92. The molecule has 0 aromatic heterocycles. The smallest absolute Gasteiger partial charge is 0.337 e. The number of anilines is 1. The number of halogens is 1. The standard InChI is InChI=1S/C10H12ClNO2/c1-2-5-12-9-6-7(11)3-4-8(9)10(13)14/h3-4,6,12H,2,5H2,1H3,(H,13,14). The monoisotopic (exact) mass is 213 g/mol. The summed E-state index contributed by atoms with van der Waals surface area (Å²) in [6, 6.07) is 4.70. The van der Waals surface area contributed by atoms with Crippen LogP contribution in [0.3, 0.4) is 0 Å². The van der Waals surface area contributed by atoms with Gasteiger partial charge in [-0.1, -0.05) is 18.5 Å². The molecule has 0 saturated heterocycles. The number of hydrogen-bond acceptors (Lipinski definition) is 2. The van der Waals surface area contributed by atoms with E-state index >= 15 is 0 Å². The minimum atomic E-state index is -0.944. The van der Waals surface area contributed by atoms with Gasteiger partial charge in [0.15, 0.2) is 0 Å². The molecule has 0 unspecified atom stereocenters. The van der Waals surface area contributed by atoms with Gasteiger partial charge in [0.1, 0.15) is 0 Å². The minimum Gasteiger partial charge on any atom is -0.478 e. The summed E-state index contributed by atoms with van der Waals surface area (Å²) in [5.41, 5.74) is 0.828. The van der Waals surface area contributed by atoms with Crippen LogP contribution in [0.5, 0.6) is 0 Å². The van der Waals surface area contributed by atoms with E-state index in [1.165, 1.54) is 6.07 Å². The zero-order chi connectivity index (χ0) is 10.6. The van der Waals surface area contributed by atoms with Crippen LogP contribution in [0.2, 0.25) is 5.02 Å². The summed E-state index contributed by atoms with van der Waals surface area (Å²) >= 11 is 5.77. The van der Waals surface area contributed by atoms with Crippen LogP contribution in [0.25, 0.3) is 0 Å². The van der Waals surface area contributed by atoms with Crippen molar-refractivity contribution in [3.8, 4) is 0 Å². The number of aromatic carboxylic acids is 1. The third-order valence-corrected chi connectivity index (χ3v) is 2.01. The molecule has 1 aromatic carbocycles. The largest absolute Gasteiger partial charge is 0.478 e. The van der Waals surface area contributed by atoms with Crippen LogP contribution in [-0.2, 0) is 0 Å². The molecule has 0 radical (unpaired) electrons. The number of rotatable bonds is 4. The molecule has 0 atom stereocenters. The predicted molar refractivity (Wildman–Crippen MR) is 57.2 cm³/mol. The number of nitrogens with one attached hydrogen (secondary N) is 1. The van der Waals surface area contributed by atoms with Gasteiger partial charge in [-0.3, -0.25) is 0 Å². The summed E-state index contributed by atoms with van der Waals surface area (Å²) in [6.07, 6.45) is 0.936. The Labute approximate surface area is 87.7 Å². The molecule has 0 aliphatic rings. The van der Waals surface area contributed by atoms with Gasteiger partial charge in [0.25, 0.3) is 0 Å². The van der Waals surface area contributed by atoms with Crippen LogP contribution in [0.1, 0.15) is 23.7 Å². The van der Waals surface area contributed by atoms with Crippen molar-refractivity contribution in [3.05, 3.63) is 28.8 Å². The first-order chi connectivity index (χ1) is 6.65. The van der Waals surface area contributed by atoms with Gasteiger partial charge in [-0.2, -0.15) is 0 Å². The molecule has 2 N–H and O–H groups in total. The maximum absolute atomic E-state index is 10.8. The minimum absolute atomic E-state index is 0.253. The normalized spacial score (nSPS) is 9.86. The van der Waals surface area contributed by atoms with Gasteiger partial charge >= 0.3 is 5.97 Å². The molecule has 0 saturated carbocycles. The first kappa shape index (κ1) is 10.9. The lowest BCUT2D eigenvalue weighted by Gasteiger charge is -2.08. The van der Waals surface area contributed by atoms with E-state index in [-0.39, 0.29) is 5.56 Å². The first-order valence-corrected chi connectivity index (χ1v) is 4.79. The molecular formula is C10H12ClNO2.